The number of amidine groups is 1. The average Bonchev–Trinajstić information content (AvgIpc) is 2.85. The quantitative estimate of drug-likeness (QED) is 0.460. The standard InChI is InChI=1S/C18H21FN2O.C12H18N2/c1-7-15-9-10-17(22)21(18(15)20-12(3)4)11-16(8-2)13(5)14(6)19;1-11-3-5-12(6-4-11)14-9-7-13(2)8-10-14/h7-10H,2-3,6,11H2,1,4-5H3;3-6H,7-10H2,1-2H3/b15-7-,16-13+,20-18?;. The smallest absolute Gasteiger partial charge is 0.252 e. The Bertz CT molecular complexity index is 1100. The number of piperazine rings is 1. The fourth-order valence-electron chi connectivity index (χ4n) is 3.77. The van der Waals surface area contributed by atoms with Crippen LogP contribution in [0.5, 0.6) is 0 Å². The van der Waals surface area contributed by atoms with E-state index in [0.29, 0.717) is 22.7 Å². The molecule has 1 aromatic carbocycles. The number of hydrogen-bond acceptors (Lipinski definition) is 4. The third kappa shape index (κ3) is 8.02. The minimum absolute atomic E-state index is 0.172. The number of rotatable bonds is 6. The number of carbonyl (C=O) groups is 1. The van der Waals surface area contributed by atoms with Crippen LogP contribution in [-0.4, -0.2) is 61.3 Å². The highest BCUT2D eigenvalue weighted by molar-refractivity contribution is 6.15. The first-order valence-electron chi connectivity index (χ1n) is 12.1. The molecule has 0 radical (unpaired) electrons. The Kier molecular flexibility index (Phi) is 10.8. The van der Waals surface area contributed by atoms with E-state index in [9.17, 15) is 9.18 Å². The summed E-state index contributed by atoms with van der Waals surface area (Å²) in [6.45, 7) is 22.9. The predicted molar refractivity (Wildman–Crippen MR) is 151 cm³/mol. The maximum absolute atomic E-state index is 13.4. The molecule has 36 heavy (non-hydrogen) atoms. The van der Waals surface area contributed by atoms with Crippen LogP contribution in [0.1, 0.15) is 26.3 Å². The van der Waals surface area contributed by atoms with Gasteiger partial charge >= 0.3 is 0 Å². The summed E-state index contributed by atoms with van der Waals surface area (Å²) in [7, 11) is 2.19. The van der Waals surface area contributed by atoms with Gasteiger partial charge in [0, 0.05) is 49.2 Å². The number of hydrogen-bond donors (Lipinski definition) is 0. The average molecular weight is 491 g/mol. The molecular weight excluding hydrogens is 451 g/mol. The zero-order chi connectivity index (χ0) is 26.8. The molecule has 0 bridgehead atoms. The van der Waals surface area contributed by atoms with E-state index in [1.54, 1.807) is 19.9 Å². The molecule has 2 aliphatic heterocycles. The van der Waals surface area contributed by atoms with E-state index in [1.807, 2.05) is 13.0 Å². The van der Waals surface area contributed by atoms with E-state index in [-0.39, 0.29) is 12.5 Å². The van der Waals surface area contributed by atoms with Crippen molar-refractivity contribution in [3.63, 3.8) is 0 Å². The Labute approximate surface area is 216 Å². The third-order valence-electron chi connectivity index (χ3n) is 6.16. The summed E-state index contributed by atoms with van der Waals surface area (Å²) in [5.74, 6) is -0.263. The van der Waals surface area contributed by atoms with Gasteiger partial charge in [-0.3, -0.25) is 9.69 Å². The molecule has 0 unspecified atom stereocenters. The zero-order valence-electron chi connectivity index (χ0n) is 22.4. The number of nitrogens with zero attached hydrogens (tertiary/aromatic N) is 4. The molecule has 2 aliphatic rings. The molecule has 2 heterocycles. The second kappa shape index (κ2) is 13.5. The molecule has 3 rings (SSSR count). The third-order valence-corrected chi connectivity index (χ3v) is 6.16. The lowest BCUT2D eigenvalue weighted by Crippen LogP contribution is -2.44. The van der Waals surface area contributed by atoms with Crippen LogP contribution in [0.25, 0.3) is 0 Å². The lowest BCUT2D eigenvalue weighted by molar-refractivity contribution is -0.122. The molecule has 0 aromatic heterocycles. The van der Waals surface area contributed by atoms with E-state index in [1.165, 1.54) is 41.4 Å². The number of aliphatic imine (C=N–C) groups is 1. The van der Waals surface area contributed by atoms with E-state index in [4.69, 9.17) is 0 Å². The van der Waals surface area contributed by atoms with Gasteiger partial charge in [0.1, 0.15) is 11.7 Å². The van der Waals surface area contributed by atoms with Crippen molar-refractivity contribution in [2.45, 2.75) is 27.7 Å². The summed E-state index contributed by atoms with van der Waals surface area (Å²) >= 11 is 0. The van der Waals surface area contributed by atoms with E-state index < -0.39 is 5.83 Å². The number of carbonyl (C=O) groups excluding carboxylic acids is 1. The number of allylic oxidation sites excluding steroid dienone is 4. The fraction of sp³-hybridized carbons (Fsp3) is 0.333. The van der Waals surface area contributed by atoms with Crippen molar-refractivity contribution < 1.29 is 9.18 Å². The van der Waals surface area contributed by atoms with Gasteiger partial charge in [-0.05, 0) is 64.1 Å². The zero-order valence-corrected chi connectivity index (χ0v) is 22.4. The predicted octanol–water partition coefficient (Wildman–Crippen LogP) is 6.00. The van der Waals surface area contributed by atoms with Gasteiger partial charge < -0.3 is 9.80 Å². The molecule has 1 aromatic rings. The Morgan fingerprint density at radius 3 is 2.19 bits per heavy atom. The minimum atomic E-state index is -0.542. The van der Waals surface area contributed by atoms with Crippen molar-refractivity contribution in [3.05, 3.63) is 102 Å². The van der Waals surface area contributed by atoms with Crippen LogP contribution >= 0.6 is 0 Å². The molecule has 1 amide bonds. The molecule has 0 saturated carbocycles. The van der Waals surface area contributed by atoms with Crippen molar-refractivity contribution in [1.82, 2.24) is 9.80 Å². The summed E-state index contributed by atoms with van der Waals surface area (Å²) in [6.07, 6.45) is 6.56. The van der Waals surface area contributed by atoms with Gasteiger partial charge in [0.05, 0.1) is 6.54 Å². The van der Waals surface area contributed by atoms with Gasteiger partial charge in [0.15, 0.2) is 0 Å². The minimum Gasteiger partial charge on any atom is -0.369 e. The second-order valence-electron chi connectivity index (χ2n) is 9.06. The second-order valence-corrected chi connectivity index (χ2v) is 9.06. The Balaban J connectivity index is 0.000000278. The van der Waals surface area contributed by atoms with Crippen molar-refractivity contribution in [2.75, 3.05) is 44.7 Å². The normalized spacial score (nSPS) is 19.1. The maximum atomic E-state index is 13.4. The van der Waals surface area contributed by atoms with Crippen LogP contribution in [0.3, 0.4) is 0 Å². The van der Waals surface area contributed by atoms with Crippen LogP contribution < -0.4 is 4.90 Å². The summed E-state index contributed by atoms with van der Waals surface area (Å²) in [6, 6.07) is 8.82. The Hall–Kier alpha value is -3.51. The van der Waals surface area contributed by atoms with Gasteiger partial charge in [-0.2, -0.15) is 0 Å². The van der Waals surface area contributed by atoms with E-state index in [0.717, 1.165) is 18.7 Å². The van der Waals surface area contributed by atoms with Crippen molar-refractivity contribution >= 4 is 17.4 Å². The highest BCUT2D eigenvalue weighted by Crippen LogP contribution is 2.21. The van der Waals surface area contributed by atoms with Gasteiger partial charge in [0.2, 0.25) is 0 Å². The monoisotopic (exact) mass is 490 g/mol. The highest BCUT2D eigenvalue weighted by atomic mass is 19.1. The fourth-order valence-corrected chi connectivity index (χ4v) is 3.77. The van der Waals surface area contributed by atoms with Gasteiger partial charge in [-0.15, -0.1) is 0 Å². The highest BCUT2D eigenvalue weighted by Gasteiger charge is 2.25. The molecule has 0 spiro atoms. The lowest BCUT2D eigenvalue weighted by atomic mass is 10.0. The number of aryl methyl sites for hydroxylation is 1. The van der Waals surface area contributed by atoms with Crippen molar-refractivity contribution in [3.8, 4) is 0 Å². The van der Waals surface area contributed by atoms with Gasteiger partial charge in [-0.25, -0.2) is 9.38 Å². The van der Waals surface area contributed by atoms with Crippen LogP contribution in [0.15, 0.2) is 102 Å². The first-order chi connectivity index (χ1) is 17.1. The van der Waals surface area contributed by atoms with E-state index in [2.05, 4.69) is 72.8 Å². The summed E-state index contributed by atoms with van der Waals surface area (Å²) in [5.41, 5.74) is 5.04. The molecule has 192 valence electrons. The van der Waals surface area contributed by atoms with Crippen LogP contribution in [0.2, 0.25) is 0 Å². The van der Waals surface area contributed by atoms with Crippen molar-refractivity contribution in [1.29, 1.82) is 0 Å². The van der Waals surface area contributed by atoms with Gasteiger partial charge in [0.25, 0.3) is 5.91 Å². The SMILES string of the molecule is C=C/C(CN1C(=O)C=C/C(=C/C)C1=NC(=C)C)=C(/C)C(=C)F.Cc1ccc(N2CCN(C)CC2)cc1. The summed E-state index contributed by atoms with van der Waals surface area (Å²) in [4.78, 5) is 22.9. The molecule has 1 saturated heterocycles. The molecule has 0 N–H and O–H groups in total. The van der Waals surface area contributed by atoms with Gasteiger partial charge in [-0.1, -0.05) is 49.6 Å². The molecule has 0 aliphatic carbocycles. The molecule has 0 atom stereocenters. The molecular formula is C30H39FN4O. The van der Waals surface area contributed by atoms with Crippen molar-refractivity contribution in [2.24, 2.45) is 4.99 Å². The van der Waals surface area contributed by atoms with Crippen LogP contribution in [0.4, 0.5) is 10.1 Å². The molecule has 5 nitrogen and oxygen atoms in total. The Morgan fingerprint density at radius 2 is 1.69 bits per heavy atom. The summed E-state index contributed by atoms with van der Waals surface area (Å²) < 4.78 is 13.4. The number of likely N-dealkylation sites (N-methyl/N-ethyl adjacent to an activating group) is 1. The van der Waals surface area contributed by atoms with Crippen LogP contribution in [-0.2, 0) is 4.79 Å². The molecule has 6 heteroatoms. The number of amides is 1. The number of halogens is 1. The number of anilines is 1. The molecule has 1 fully saturated rings. The maximum Gasteiger partial charge on any atom is 0.252 e. The first-order valence-corrected chi connectivity index (χ1v) is 12.1. The largest absolute Gasteiger partial charge is 0.369 e. The topological polar surface area (TPSA) is 39.2 Å². The van der Waals surface area contributed by atoms with E-state index >= 15 is 0 Å². The van der Waals surface area contributed by atoms with Crippen LogP contribution in [0, 0.1) is 6.92 Å². The summed E-state index contributed by atoms with van der Waals surface area (Å²) in [5, 5.41) is 0. The first kappa shape index (κ1) is 28.7. The lowest BCUT2D eigenvalue weighted by Gasteiger charge is -2.34. The Morgan fingerprint density at radius 1 is 1.08 bits per heavy atom. The number of benzene rings is 1.